The van der Waals surface area contributed by atoms with E-state index in [-0.39, 0.29) is 17.9 Å². The summed E-state index contributed by atoms with van der Waals surface area (Å²) in [7, 11) is -1.35. The zero-order valence-electron chi connectivity index (χ0n) is 18.2. The standard InChI is InChI=1S/C22H32BrN2O3S/c1-21(2,3)28-20(26)25-13-11-16(12-14-25)18(15-24-29(27)22(4,5)6)17-9-7-8-10-19(17)23/h7-10,16,18H,11-14H2,1-6H3/q+1. The number of hydrogen-bond acceptors (Lipinski definition) is 3. The van der Waals surface area contributed by atoms with Crippen LogP contribution in [0.3, 0.4) is 0 Å². The van der Waals surface area contributed by atoms with Gasteiger partial charge in [0.15, 0.2) is 0 Å². The zero-order valence-corrected chi connectivity index (χ0v) is 20.6. The molecule has 0 saturated carbocycles. The van der Waals surface area contributed by atoms with Crippen molar-refractivity contribution in [2.45, 2.75) is 70.7 Å². The van der Waals surface area contributed by atoms with E-state index in [1.54, 1.807) is 4.90 Å². The number of hydrogen-bond donors (Lipinski definition) is 0. The highest BCUT2D eigenvalue weighted by Crippen LogP contribution is 2.36. The Balaban J connectivity index is 2.19. The van der Waals surface area contributed by atoms with Crippen LogP contribution < -0.4 is 0 Å². The fraction of sp³-hybridized carbons (Fsp3) is 0.636. The predicted molar refractivity (Wildman–Crippen MR) is 123 cm³/mol. The molecule has 5 nitrogen and oxygen atoms in total. The zero-order chi connectivity index (χ0) is 21.8. The maximum atomic E-state index is 12.4. The molecular weight excluding hydrogens is 452 g/mol. The molecule has 0 radical (unpaired) electrons. The van der Waals surface area contributed by atoms with E-state index < -0.39 is 21.3 Å². The number of rotatable bonds is 2. The van der Waals surface area contributed by atoms with Gasteiger partial charge in [0, 0.05) is 21.8 Å². The molecule has 2 unspecified atom stereocenters. The second-order valence-electron chi connectivity index (χ2n) is 9.39. The number of benzene rings is 1. The first-order valence-corrected chi connectivity index (χ1v) is 11.9. The Morgan fingerprint density at radius 3 is 2.31 bits per heavy atom. The normalized spacial score (nSPS) is 17.8. The van der Waals surface area contributed by atoms with Crippen molar-refractivity contribution in [3.8, 4) is 6.07 Å². The summed E-state index contributed by atoms with van der Waals surface area (Å²) in [5, 5.41) is 0. The molecule has 1 heterocycles. The molecule has 1 aliphatic heterocycles. The van der Waals surface area contributed by atoms with E-state index in [9.17, 15) is 9.00 Å². The molecule has 1 amide bonds. The summed E-state index contributed by atoms with van der Waals surface area (Å²) in [6.45, 7) is 12.6. The molecule has 1 saturated heterocycles. The monoisotopic (exact) mass is 483 g/mol. The topological polar surface area (TPSA) is 51.0 Å². The maximum absolute atomic E-state index is 12.4. The van der Waals surface area contributed by atoms with Gasteiger partial charge in [0.2, 0.25) is 0 Å². The molecule has 0 bridgehead atoms. The summed E-state index contributed by atoms with van der Waals surface area (Å²) in [4.78, 5) is 14.1. The van der Waals surface area contributed by atoms with E-state index in [2.05, 4.69) is 32.3 Å². The number of nitrogens with zero attached hydrogens (tertiary/aromatic N) is 2. The van der Waals surface area contributed by atoms with Crippen LogP contribution in [-0.2, 0) is 15.7 Å². The van der Waals surface area contributed by atoms with E-state index in [4.69, 9.17) is 4.74 Å². The van der Waals surface area contributed by atoms with E-state index in [0.29, 0.717) is 13.1 Å². The summed E-state index contributed by atoms with van der Waals surface area (Å²) in [6, 6.07) is 11.2. The van der Waals surface area contributed by atoms with Gasteiger partial charge in [-0.3, -0.25) is 0 Å². The van der Waals surface area contributed by atoms with Gasteiger partial charge in [0.05, 0.1) is 0 Å². The first-order chi connectivity index (χ1) is 13.4. The molecule has 1 aromatic rings. The highest BCUT2D eigenvalue weighted by molar-refractivity contribution is 9.10. The summed E-state index contributed by atoms with van der Waals surface area (Å²) in [6.07, 6.45) is 1.37. The Morgan fingerprint density at radius 2 is 1.79 bits per heavy atom. The molecule has 2 atom stereocenters. The van der Waals surface area contributed by atoms with Gasteiger partial charge in [-0.1, -0.05) is 34.1 Å². The quantitative estimate of drug-likeness (QED) is 0.519. The largest absolute Gasteiger partial charge is 0.444 e. The highest BCUT2D eigenvalue weighted by atomic mass is 79.9. The minimum Gasteiger partial charge on any atom is -0.444 e. The summed E-state index contributed by atoms with van der Waals surface area (Å²) in [5.41, 5.74) is 0.584. The fourth-order valence-corrected chi connectivity index (χ4v) is 4.15. The van der Waals surface area contributed by atoms with Gasteiger partial charge in [-0.15, -0.1) is 0 Å². The first-order valence-electron chi connectivity index (χ1n) is 9.99. The van der Waals surface area contributed by atoms with Crippen molar-refractivity contribution in [3.63, 3.8) is 0 Å². The minimum atomic E-state index is -1.35. The number of halogens is 1. The lowest BCUT2D eigenvalue weighted by molar-refractivity contribution is 0.0180. The maximum Gasteiger partial charge on any atom is 0.418 e. The number of piperidine rings is 1. The third-order valence-corrected chi connectivity index (χ3v) is 6.74. The molecule has 1 aliphatic rings. The van der Waals surface area contributed by atoms with Crippen LogP contribution in [-0.4, -0.2) is 38.6 Å². The molecule has 2 rings (SSSR count). The molecule has 0 N–H and O–H groups in total. The van der Waals surface area contributed by atoms with Crippen LogP contribution in [0.2, 0.25) is 0 Å². The average Bonchev–Trinajstić information content (AvgIpc) is 2.61. The molecule has 1 fully saturated rings. The van der Waals surface area contributed by atoms with Crippen LogP contribution in [0.15, 0.2) is 28.7 Å². The number of carbonyl (C=O) groups excluding carboxylic acids is 1. The summed E-state index contributed by atoms with van der Waals surface area (Å²) in [5.74, 6) is 0.172. The second kappa shape index (κ2) is 9.61. The van der Waals surface area contributed by atoms with Crippen LogP contribution in [0, 0.1) is 12.0 Å². The first kappa shape index (κ1) is 23.9. The van der Waals surface area contributed by atoms with Crippen molar-refractivity contribution >= 4 is 33.0 Å². The van der Waals surface area contributed by atoms with Crippen LogP contribution in [0.25, 0.3) is 4.25 Å². The number of carbonyl (C=O) groups is 1. The van der Waals surface area contributed by atoms with Crippen molar-refractivity contribution in [1.82, 2.24) is 4.90 Å². The second-order valence-corrected chi connectivity index (χ2v) is 12.1. The number of likely N-dealkylation sites (tertiary alicyclic amines) is 1. The van der Waals surface area contributed by atoms with Crippen molar-refractivity contribution in [3.05, 3.63) is 38.6 Å². The number of ether oxygens (including phenoxy) is 1. The Hall–Kier alpha value is -1.39. The van der Waals surface area contributed by atoms with Gasteiger partial charge >= 0.3 is 23.1 Å². The van der Waals surface area contributed by atoms with Gasteiger partial charge < -0.3 is 9.64 Å². The van der Waals surface area contributed by atoms with E-state index >= 15 is 0 Å². The lowest BCUT2D eigenvalue weighted by Crippen LogP contribution is -2.42. The third-order valence-electron chi connectivity index (χ3n) is 4.70. The summed E-state index contributed by atoms with van der Waals surface area (Å²) >= 11 is 3.64. The number of amides is 1. The van der Waals surface area contributed by atoms with E-state index in [1.807, 2.05) is 59.7 Å². The summed E-state index contributed by atoms with van der Waals surface area (Å²) < 4.78 is 22.8. The Bertz CT molecular complexity index is 810. The van der Waals surface area contributed by atoms with Crippen molar-refractivity contribution in [2.75, 3.05) is 13.1 Å². The van der Waals surface area contributed by atoms with Gasteiger partial charge in [-0.2, -0.15) is 4.21 Å². The minimum absolute atomic E-state index is 0.0855. The van der Waals surface area contributed by atoms with Crippen LogP contribution in [0.4, 0.5) is 4.79 Å². The molecule has 0 aromatic heterocycles. The SMILES string of the molecule is CC(C)(C)OC(=O)N1CCC(C(C#[N+]S(=O)C(C)(C)C)c2ccccc2Br)CC1. The van der Waals surface area contributed by atoms with E-state index in [0.717, 1.165) is 22.9 Å². The third kappa shape index (κ3) is 7.11. The van der Waals surface area contributed by atoms with E-state index in [1.165, 1.54) is 0 Å². The molecular formula is C22H32BrN2O3S+. The average molecular weight is 484 g/mol. The highest BCUT2D eigenvalue weighted by Gasteiger charge is 2.35. The van der Waals surface area contributed by atoms with Crippen molar-refractivity contribution in [1.29, 1.82) is 0 Å². The fourth-order valence-electron chi connectivity index (χ4n) is 3.14. The van der Waals surface area contributed by atoms with Gasteiger partial charge in [0.25, 0.3) is 0 Å². The lowest BCUT2D eigenvalue weighted by Gasteiger charge is -2.34. The molecule has 29 heavy (non-hydrogen) atoms. The molecule has 160 valence electrons. The van der Waals surface area contributed by atoms with Crippen LogP contribution in [0.5, 0.6) is 0 Å². The Labute approximate surface area is 185 Å². The predicted octanol–water partition coefficient (Wildman–Crippen LogP) is 5.97. The van der Waals surface area contributed by atoms with Crippen LogP contribution >= 0.6 is 15.9 Å². The van der Waals surface area contributed by atoms with Crippen LogP contribution in [0.1, 0.15) is 65.9 Å². The Kier molecular flexibility index (Phi) is 7.92. The lowest BCUT2D eigenvalue weighted by atomic mass is 9.81. The molecule has 0 aliphatic carbocycles. The van der Waals surface area contributed by atoms with Gasteiger partial charge in [0.1, 0.15) is 16.3 Å². The molecule has 7 heteroatoms. The Morgan fingerprint density at radius 1 is 1.21 bits per heavy atom. The van der Waals surface area contributed by atoms with Gasteiger partial charge in [-0.25, -0.2) is 4.79 Å². The smallest absolute Gasteiger partial charge is 0.418 e. The van der Waals surface area contributed by atoms with Crippen molar-refractivity contribution < 1.29 is 13.7 Å². The van der Waals surface area contributed by atoms with Crippen molar-refractivity contribution in [2.24, 2.45) is 5.92 Å². The molecule has 1 aromatic carbocycles. The van der Waals surface area contributed by atoms with Gasteiger partial charge in [-0.05, 0) is 71.9 Å². The molecule has 0 spiro atoms.